The van der Waals surface area contributed by atoms with Gasteiger partial charge in [-0.05, 0) is 36.5 Å². The molecule has 15 heavy (non-hydrogen) atoms. The van der Waals surface area contributed by atoms with Gasteiger partial charge in [0.05, 0.1) is 6.61 Å². The van der Waals surface area contributed by atoms with Gasteiger partial charge in [0.25, 0.3) is 0 Å². The summed E-state index contributed by atoms with van der Waals surface area (Å²) in [6, 6.07) is 8.04. The minimum absolute atomic E-state index is 0.467. The zero-order valence-corrected chi connectivity index (χ0v) is 10.2. The van der Waals surface area contributed by atoms with Crippen molar-refractivity contribution in [3.05, 3.63) is 34.9 Å². The predicted octanol–water partition coefficient (Wildman–Crippen LogP) is 3.22. The molecule has 2 rings (SSSR count). The third-order valence-corrected chi connectivity index (χ3v) is 3.78. The van der Waals surface area contributed by atoms with Crippen molar-refractivity contribution in [1.82, 2.24) is 0 Å². The van der Waals surface area contributed by atoms with Crippen LogP contribution < -0.4 is 0 Å². The largest absolute Gasteiger partial charge is 0.381 e. The Labute approximate surface area is 101 Å². The number of halogens is 1. The third-order valence-electron chi connectivity index (χ3n) is 2.85. The van der Waals surface area contributed by atoms with E-state index in [4.69, 9.17) is 16.3 Å². The fourth-order valence-electron chi connectivity index (χ4n) is 1.90. The zero-order valence-electron chi connectivity index (χ0n) is 8.53. The third kappa shape index (κ3) is 3.13. The Hall–Kier alpha value is -0.180. The molecule has 0 spiro atoms. The van der Waals surface area contributed by atoms with Crippen molar-refractivity contribution in [1.29, 1.82) is 0 Å². The van der Waals surface area contributed by atoms with Gasteiger partial charge < -0.3 is 4.74 Å². The molecule has 0 unspecified atom stereocenters. The van der Waals surface area contributed by atoms with Gasteiger partial charge in [-0.1, -0.05) is 23.7 Å². The van der Waals surface area contributed by atoms with Gasteiger partial charge >= 0.3 is 0 Å². The van der Waals surface area contributed by atoms with Crippen molar-refractivity contribution >= 4 is 24.2 Å². The highest BCUT2D eigenvalue weighted by atomic mass is 35.5. The van der Waals surface area contributed by atoms with Crippen LogP contribution in [0, 0.1) is 5.92 Å². The molecule has 1 nitrogen and oxygen atoms in total. The number of benzene rings is 1. The Balaban J connectivity index is 1.98. The monoisotopic (exact) mass is 242 g/mol. The SMILES string of the molecule is S[C@H]1CCOC[C@@H]1Cc1ccc(Cl)cc1. The van der Waals surface area contributed by atoms with Gasteiger partial charge in [-0.3, -0.25) is 0 Å². The van der Waals surface area contributed by atoms with E-state index < -0.39 is 0 Å². The quantitative estimate of drug-likeness (QED) is 0.784. The van der Waals surface area contributed by atoms with Crippen LogP contribution in [-0.4, -0.2) is 18.5 Å². The van der Waals surface area contributed by atoms with Gasteiger partial charge in [-0.15, -0.1) is 0 Å². The Bertz CT molecular complexity index is 312. The maximum atomic E-state index is 5.84. The van der Waals surface area contributed by atoms with Crippen molar-refractivity contribution in [3.63, 3.8) is 0 Å². The van der Waals surface area contributed by atoms with E-state index in [1.54, 1.807) is 0 Å². The second-order valence-electron chi connectivity index (χ2n) is 4.02. The van der Waals surface area contributed by atoms with E-state index >= 15 is 0 Å². The molecule has 1 aromatic rings. The fraction of sp³-hybridized carbons (Fsp3) is 0.500. The molecule has 0 saturated carbocycles. The topological polar surface area (TPSA) is 9.23 Å². The van der Waals surface area contributed by atoms with Crippen molar-refractivity contribution in [2.75, 3.05) is 13.2 Å². The molecule has 2 atom stereocenters. The highest BCUT2D eigenvalue weighted by Crippen LogP contribution is 2.24. The molecule has 0 radical (unpaired) electrons. The van der Waals surface area contributed by atoms with Crippen molar-refractivity contribution < 1.29 is 4.74 Å². The summed E-state index contributed by atoms with van der Waals surface area (Å²) in [5, 5.41) is 1.26. The molecule has 1 aliphatic rings. The number of hydrogen-bond acceptors (Lipinski definition) is 2. The standard InChI is InChI=1S/C12H15ClOS/c13-11-3-1-9(2-4-11)7-10-8-14-6-5-12(10)15/h1-4,10,12,15H,5-8H2/t10-,12-/m0/s1. The Morgan fingerprint density at radius 2 is 2.07 bits per heavy atom. The number of hydrogen-bond donors (Lipinski definition) is 1. The molecule has 1 saturated heterocycles. The molecule has 0 bridgehead atoms. The lowest BCUT2D eigenvalue weighted by Gasteiger charge is -2.28. The van der Waals surface area contributed by atoms with Gasteiger partial charge in [0.2, 0.25) is 0 Å². The summed E-state index contributed by atoms with van der Waals surface area (Å²) in [5.74, 6) is 0.531. The van der Waals surface area contributed by atoms with E-state index in [2.05, 4.69) is 24.8 Å². The summed E-state index contributed by atoms with van der Waals surface area (Å²) >= 11 is 10.4. The van der Waals surface area contributed by atoms with Crippen LogP contribution in [0.1, 0.15) is 12.0 Å². The average Bonchev–Trinajstić information content (AvgIpc) is 2.25. The first-order valence-corrected chi connectivity index (χ1v) is 6.15. The van der Waals surface area contributed by atoms with E-state index in [1.807, 2.05) is 12.1 Å². The molecule has 1 heterocycles. The van der Waals surface area contributed by atoms with Crippen LogP contribution in [0.3, 0.4) is 0 Å². The molecule has 1 aliphatic heterocycles. The highest BCUT2D eigenvalue weighted by Gasteiger charge is 2.22. The van der Waals surface area contributed by atoms with Crippen molar-refractivity contribution in [3.8, 4) is 0 Å². The second kappa shape index (κ2) is 5.24. The van der Waals surface area contributed by atoms with Gasteiger partial charge in [-0.2, -0.15) is 12.6 Å². The van der Waals surface area contributed by atoms with Crippen LogP contribution >= 0.6 is 24.2 Å². The highest BCUT2D eigenvalue weighted by molar-refractivity contribution is 7.81. The van der Waals surface area contributed by atoms with Gasteiger partial charge in [0.1, 0.15) is 0 Å². The minimum Gasteiger partial charge on any atom is -0.381 e. The molecule has 0 amide bonds. The lowest BCUT2D eigenvalue weighted by atomic mass is 9.94. The summed E-state index contributed by atoms with van der Waals surface area (Å²) in [6.07, 6.45) is 2.09. The Morgan fingerprint density at radius 1 is 1.33 bits per heavy atom. The van der Waals surface area contributed by atoms with Crippen LogP contribution in [0.25, 0.3) is 0 Å². The number of thiol groups is 1. The minimum atomic E-state index is 0.467. The zero-order chi connectivity index (χ0) is 10.7. The smallest absolute Gasteiger partial charge is 0.0507 e. The van der Waals surface area contributed by atoms with E-state index in [9.17, 15) is 0 Å². The molecule has 1 fully saturated rings. The van der Waals surface area contributed by atoms with Crippen LogP contribution in [0.2, 0.25) is 5.02 Å². The van der Waals surface area contributed by atoms with E-state index in [-0.39, 0.29) is 0 Å². The number of ether oxygens (including phenoxy) is 1. The summed E-state index contributed by atoms with van der Waals surface area (Å²) in [6.45, 7) is 1.68. The first-order valence-electron chi connectivity index (χ1n) is 5.26. The average molecular weight is 243 g/mol. The van der Waals surface area contributed by atoms with Gasteiger partial charge in [-0.25, -0.2) is 0 Å². The van der Waals surface area contributed by atoms with Crippen LogP contribution in [0.4, 0.5) is 0 Å². The maximum absolute atomic E-state index is 5.84. The Kier molecular flexibility index (Phi) is 3.95. The summed E-state index contributed by atoms with van der Waals surface area (Å²) < 4.78 is 5.47. The van der Waals surface area contributed by atoms with Gasteiger partial charge in [0, 0.05) is 16.9 Å². The van der Waals surface area contributed by atoms with E-state index in [0.717, 1.165) is 31.1 Å². The molecule has 3 heteroatoms. The molecule has 0 N–H and O–H groups in total. The van der Waals surface area contributed by atoms with E-state index in [1.165, 1.54) is 5.56 Å². The molecular formula is C12H15ClOS. The van der Waals surface area contributed by atoms with Crippen LogP contribution in [0.15, 0.2) is 24.3 Å². The Morgan fingerprint density at radius 3 is 2.73 bits per heavy atom. The molecule has 0 aromatic heterocycles. The van der Waals surface area contributed by atoms with Crippen LogP contribution in [-0.2, 0) is 11.2 Å². The summed E-state index contributed by atoms with van der Waals surface area (Å²) in [4.78, 5) is 0. The molecule has 82 valence electrons. The lowest BCUT2D eigenvalue weighted by Crippen LogP contribution is -2.29. The van der Waals surface area contributed by atoms with Gasteiger partial charge in [0.15, 0.2) is 0 Å². The first kappa shape index (κ1) is 11.3. The van der Waals surface area contributed by atoms with Crippen molar-refractivity contribution in [2.45, 2.75) is 18.1 Å². The second-order valence-corrected chi connectivity index (χ2v) is 5.12. The predicted molar refractivity (Wildman–Crippen MR) is 66.9 cm³/mol. The fourth-order valence-corrected chi connectivity index (χ4v) is 2.33. The molecule has 0 aliphatic carbocycles. The normalized spacial score (nSPS) is 26.5. The van der Waals surface area contributed by atoms with Crippen LogP contribution in [0.5, 0.6) is 0 Å². The number of rotatable bonds is 2. The molecular weight excluding hydrogens is 228 g/mol. The summed E-state index contributed by atoms with van der Waals surface area (Å²) in [5.41, 5.74) is 1.31. The van der Waals surface area contributed by atoms with Crippen molar-refractivity contribution in [2.24, 2.45) is 5.92 Å². The van der Waals surface area contributed by atoms with E-state index in [0.29, 0.717) is 11.2 Å². The molecule has 1 aromatic carbocycles. The maximum Gasteiger partial charge on any atom is 0.0507 e. The first-order chi connectivity index (χ1) is 7.25. The lowest BCUT2D eigenvalue weighted by molar-refractivity contribution is 0.0596. The summed E-state index contributed by atoms with van der Waals surface area (Å²) in [7, 11) is 0.